The van der Waals surface area contributed by atoms with Gasteiger partial charge in [0.2, 0.25) is 0 Å². The van der Waals surface area contributed by atoms with Crippen LogP contribution in [0.1, 0.15) is 12.1 Å². The standard InChI is InChI=1S/C19H29N7O/c1-24(2)11-14-8-15(27)12-26(14)19-9-18(22-13-23-19)21-10-16-17(25(3)4)6-5-7-20-16/h5-7,9,13-15,27H,8,10-12H2,1-4H3,(H,21,22,23)/t14-,15-/m1/s1. The van der Waals surface area contributed by atoms with E-state index in [0.717, 1.165) is 36.0 Å². The highest BCUT2D eigenvalue weighted by Gasteiger charge is 2.32. The fourth-order valence-electron chi connectivity index (χ4n) is 3.52. The summed E-state index contributed by atoms with van der Waals surface area (Å²) in [6.45, 7) is 2.05. The summed E-state index contributed by atoms with van der Waals surface area (Å²) in [6, 6.07) is 6.17. The fraction of sp³-hybridized carbons (Fsp3) is 0.526. The monoisotopic (exact) mass is 371 g/mol. The van der Waals surface area contributed by atoms with Crippen LogP contribution in [0.5, 0.6) is 0 Å². The number of β-amino-alcohol motifs (C(OH)–C–C–N with tert-alkyl or cyclic N) is 1. The Morgan fingerprint density at radius 2 is 2.04 bits per heavy atom. The third kappa shape index (κ3) is 4.84. The average Bonchev–Trinajstić information content (AvgIpc) is 3.00. The van der Waals surface area contributed by atoms with Gasteiger partial charge in [-0.25, -0.2) is 9.97 Å². The van der Waals surface area contributed by atoms with Gasteiger partial charge in [-0.3, -0.25) is 4.98 Å². The molecule has 0 spiro atoms. The first-order valence-electron chi connectivity index (χ1n) is 9.20. The molecule has 2 N–H and O–H groups in total. The molecule has 3 rings (SSSR count). The van der Waals surface area contributed by atoms with Crippen molar-refractivity contribution >= 4 is 17.3 Å². The maximum Gasteiger partial charge on any atom is 0.134 e. The van der Waals surface area contributed by atoms with Crippen LogP contribution in [0.15, 0.2) is 30.7 Å². The van der Waals surface area contributed by atoms with E-state index < -0.39 is 0 Å². The van der Waals surface area contributed by atoms with Crippen molar-refractivity contribution in [1.29, 1.82) is 0 Å². The average molecular weight is 371 g/mol. The van der Waals surface area contributed by atoms with E-state index in [1.165, 1.54) is 0 Å². The van der Waals surface area contributed by atoms with Crippen molar-refractivity contribution in [3.8, 4) is 0 Å². The number of aliphatic hydroxyl groups is 1. The van der Waals surface area contributed by atoms with Crippen molar-refractivity contribution in [3.05, 3.63) is 36.4 Å². The zero-order valence-corrected chi connectivity index (χ0v) is 16.5. The highest BCUT2D eigenvalue weighted by atomic mass is 16.3. The molecule has 1 aliphatic heterocycles. The maximum atomic E-state index is 10.1. The smallest absolute Gasteiger partial charge is 0.134 e. The molecule has 8 nitrogen and oxygen atoms in total. The van der Waals surface area contributed by atoms with Crippen LogP contribution in [0, 0.1) is 0 Å². The van der Waals surface area contributed by atoms with Crippen LogP contribution in [-0.2, 0) is 6.54 Å². The lowest BCUT2D eigenvalue weighted by atomic mass is 10.2. The molecule has 0 amide bonds. The zero-order chi connectivity index (χ0) is 19.4. The van der Waals surface area contributed by atoms with Gasteiger partial charge in [-0.05, 0) is 32.6 Å². The lowest BCUT2D eigenvalue weighted by molar-refractivity contribution is 0.191. The lowest BCUT2D eigenvalue weighted by Gasteiger charge is -2.27. The lowest BCUT2D eigenvalue weighted by Crippen LogP contribution is -2.38. The van der Waals surface area contributed by atoms with Crippen LogP contribution < -0.4 is 15.1 Å². The highest BCUT2D eigenvalue weighted by molar-refractivity contribution is 5.53. The number of likely N-dealkylation sites (N-methyl/N-ethyl adjacent to an activating group) is 1. The minimum Gasteiger partial charge on any atom is -0.391 e. The summed E-state index contributed by atoms with van der Waals surface area (Å²) in [6.07, 6.45) is 3.80. The van der Waals surface area contributed by atoms with E-state index in [9.17, 15) is 5.11 Å². The minimum absolute atomic E-state index is 0.244. The Kier molecular flexibility index (Phi) is 6.08. The predicted molar refractivity (Wildman–Crippen MR) is 108 cm³/mol. The normalized spacial score (nSPS) is 19.6. The summed E-state index contributed by atoms with van der Waals surface area (Å²) in [4.78, 5) is 19.6. The molecule has 1 aliphatic rings. The Labute approximate surface area is 160 Å². The number of aliphatic hydroxyl groups excluding tert-OH is 1. The first kappa shape index (κ1) is 19.3. The van der Waals surface area contributed by atoms with Crippen molar-refractivity contribution in [2.24, 2.45) is 0 Å². The van der Waals surface area contributed by atoms with E-state index in [4.69, 9.17) is 0 Å². The largest absolute Gasteiger partial charge is 0.391 e. The number of anilines is 3. The number of hydrogen-bond donors (Lipinski definition) is 2. The van der Waals surface area contributed by atoms with Crippen LogP contribution in [0.3, 0.4) is 0 Å². The van der Waals surface area contributed by atoms with E-state index >= 15 is 0 Å². The summed E-state index contributed by atoms with van der Waals surface area (Å²) in [5.74, 6) is 1.59. The minimum atomic E-state index is -0.322. The van der Waals surface area contributed by atoms with Crippen LogP contribution >= 0.6 is 0 Å². The maximum absolute atomic E-state index is 10.1. The number of hydrogen-bond acceptors (Lipinski definition) is 8. The molecule has 0 saturated carbocycles. The molecule has 8 heteroatoms. The van der Waals surface area contributed by atoms with Gasteiger partial charge in [0, 0.05) is 45.5 Å². The number of aromatic nitrogens is 3. The van der Waals surface area contributed by atoms with E-state index in [1.54, 1.807) is 12.5 Å². The van der Waals surface area contributed by atoms with Crippen LogP contribution in [-0.4, -0.2) is 78.4 Å². The molecule has 146 valence electrons. The molecule has 27 heavy (non-hydrogen) atoms. The molecule has 1 fully saturated rings. The Bertz CT molecular complexity index is 752. The summed E-state index contributed by atoms with van der Waals surface area (Å²) in [5, 5.41) is 13.5. The molecule has 3 heterocycles. The molecule has 0 radical (unpaired) electrons. The summed E-state index contributed by atoms with van der Waals surface area (Å²) >= 11 is 0. The Morgan fingerprint density at radius 3 is 2.78 bits per heavy atom. The van der Waals surface area contributed by atoms with Gasteiger partial charge in [0.15, 0.2) is 0 Å². The molecular weight excluding hydrogens is 342 g/mol. The summed E-state index contributed by atoms with van der Waals surface area (Å²) in [7, 11) is 8.11. The number of pyridine rings is 1. The van der Waals surface area contributed by atoms with Crippen molar-refractivity contribution < 1.29 is 5.11 Å². The Balaban J connectivity index is 1.72. The molecule has 2 aromatic rings. The first-order chi connectivity index (χ1) is 12.9. The molecule has 0 unspecified atom stereocenters. The third-order valence-corrected chi connectivity index (χ3v) is 4.70. The fourth-order valence-corrected chi connectivity index (χ4v) is 3.52. The van der Waals surface area contributed by atoms with Crippen molar-refractivity contribution in [1.82, 2.24) is 19.9 Å². The van der Waals surface area contributed by atoms with Gasteiger partial charge < -0.3 is 25.1 Å². The quantitative estimate of drug-likeness (QED) is 0.748. The predicted octanol–water partition coefficient (Wildman–Crippen LogP) is 1.05. The second-order valence-electron chi connectivity index (χ2n) is 7.44. The Morgan fingerprint density at radius 1 is 1.22 bits per heavy atom. The SMILES string of the molecule is CN(C)C[C@H]1C[C@@H](O)CN1c1cc(NCc2ncccc2N(C)C)ncn1. The molecule has 1 saturated heterocycles. The van der Waals surface area contributed by atoms with Gasteiger partial charge in [-0.1, -0.05) is 0 Å². The van der Waals surface area contributed by atoms with Gasteiger partial charge in [0.05, 0.1) is 24.0 Å². The van der Waals surface area contributed by atoms with Crippen molar-refractivity contribution in [2.75, 3.05) is 56.4 Å². The first-order valence-corrected chi connectivity index (χ1v) is 9.20. The third-order valence-electron chi connectivity index (χ3n) is 4.70. The summed E-state index contributed by atoms with van der Waals surface area (Å²) < 4.78 is 0. The van der Waals surface area contributed by atoms with Gasteiger partial charge in [0.1, 0.15) is 18.0 Å². The zero-order valence-electron chi connectivity index (χ0n) is 16.5. The van der Waals surface area contributed by atoms with Crippen LogP contribution in [0.4, 0.5) is 17.3 Å². The molecule has 2 atom stereocenters. The van der Waals surface area contributed by atoms with E-state index in [2.05, 4.69) is 30.1 Å². The second-order valence-corrected chi connectivity index (χ2v) is 7.44. The van der Waals surface area contributed by atoms with E-state index in [1.807, 2.05) is 51.3 Å². The van der Waals surface area contributed by atoms with Gasteiger partial charge in [-0.2, -0.15) is 0 Å². The second kappa shape index (κ2) is 8.49. The van der Waals surface area contributed by atoms with Crippen molar-refractivity contribution in [3.63, 3.8) is 0 Å². The van der Waals surface area contributed by atoms with Crippen LogP contribution in [0.2, 0.25) is 0 Å². The summed E-state index contributed by atoms with van der Waals surface area (Å²) in [5.41, 5.74) is 2.04. The number of nitrogens with one attached hydrogen (secondary N) is 1. The Hall–Kier alpha value is -2.45. The van der Waals surface area contributed by atoms with E-state index in [0.29, 0.717) is 13.1 Å². The molecule has 0 aromatic carbocycles. The molecule has 0 bridgehead atoms. The van der Waals surface area contributed by atoms with Gasteiger partial charge in [-0.15, -0.1) is 0 Å². The topological polar surface area (TPSA) is 80.7 Å². The van der Waals surface area contributed by atoms with Gasteiger partial charge >= 0.3 is 0 Å². The van der Waals surface area contributed by atoms with Crippen LogP contribution in [0.25, 0.3) is 0 Å². The molecule has 2 aromatic heterocycles. The number of nitrogens with zero attached hydrogens (tertiary/aromatic N) is 6. The molecular formula is C19H29N7O. The highest BCUT2D eigenvalue weighted by Crippen LogP contribution is 2.26. The van der Waals surface area contributed by atoms with Gasteiger partial charge in [0.25, 0.3) is 0 Å². The van der Waals surface area contributed by atoms with E-state index in [-0.39, 0.29) is 12.1 Å². The number of rotatable bonds is 7. The molecule has 0 aliphatic carbocycles. The van der Waals surface area contributed by atoms with Crippen molar-refractivity contribution in [2.45, 2.75) is 25.1 Å².